The van der Waals surface area contributed by atoms with Gasteiger partial charge in [-0.15, -0.1) is 0 Å². The van der Waals surface area contributed by atoms with E-state index in [2.05, 4.69) is 21.6 Å². The smallest absolute Gasteiger partial charge is 0.322 e. The molecule has 2 aliphatic heterocycles. The summed E-state index contributed by atoms with van der Waals surface area (Å²) >= 11 is 0. The van der Waals surface area contributed by atoms with Crippen LogP contribution >= 0.6 is 0 Å². The van der Waals surface area contributed by atoms with Gasteiger partial charge in [-0.2, -0.15) is 5.26 Å². The maximum atomic E-state index is 12.3. The molecule has 130 valence electrons. The largest absolute Gasteiger partial charge is 0.340 e. The van der Waals surface area contributed by atoms with Crippen LogP contribution < -0.4 is 10.6 Å². The topological polar surface area (TPSA) is 106 Å². The highest BCUT2D eigenvalue weighted by molar-refractivity contribution is 6.05. The van der Waals surface area contributed by atoms with Gasteiger partial charge in [0.1, 0.15) is 6.04 Å². The molecule has 8 heteroatoms. The second kappa shape index (κ2) is 7.32. The molecule has 2 heterocycles. The summed E-state index contributed by atoms with van der Waals surface area (Å²) < 4.78 is 0. The first kappa shape index (κ1) is 16.9. The third-order valence-corrected chi connectivity index (χ3v) is 4.45. The normalized spacial score (nSPS) is 20.8. The van der Waals surface area contributed by atoms with Gasteiger partial charge in [-0.1, -0.05) is 12.1 Å². The fraction of sp³-hybridized carbons (Fsp3) is 0.412. The van der Waals surface area contributed by atoms with Crippen molar-refractivity contribution in [2.45, 2.75) is 19.0 Å². The predicted octanol–water partition coefficient (Wildman–Crippen LogP) is -0.199. The van der Waals surface area contributed by atoms with Crippen LogP contribution in [0.25, 0.3) is 0 Å². The van der Waals surface area contributed by atoms with Crippen LogP contribution in [-0.2, 0) is 16.1 Å². The molecule has 2 fully saturated rings. The molecule has 3 rings (SSSR count). The summed E-state index contributed by atoms with van der Waals surface area (Å²) in [5, 5.41) is 13.4. The SMILES string of the molecule is N#Cc1ccc(CN2CCN(C(=O)CC3NC(=O)NC3=O)CC2)cc1. The van der Waals surface area contributed by atoms with E-state index in [-0.39, 0.29) is 12.3 Å². The van der Waals surface area contributed by atoms with Gasteiger partial charge in [0, 0.05) is 32.7 Å². The number of carbonyl (C=O) groups is 3. The lowest BCUT2D eigenvalue weighted by molar-refractivity contribution is -0.135. The lowest BCUT2D eigenvalue weighted by Crippen LogP contribution is -2.49. The number of hydrogen-bond acceptors (Lipinski definition) is 5. The van der Waals surface area contributed by atoms with Crippen LogP contribution in [0.3, 0.4) is 0 Å². The molecule has 2 aliphatic rings. The predicted molar refractivity (Wildman–Crippen MR) is 88.1 cm³/mol. The van der Waals surface area contributed by atoms with Crippen LogP contribution in [0.1, 0.15) is 17.5 Å². The van der Waals surface area contributed by atoms with Gasteiger partial charge < -0.3 is 10.2 Å². The molecule has 0 radical (unpaired) electrons. The number of rotatable bonds is 4. The second-order valence-electron chi connectivity index (χ2n) is 6.19. The minimum absolute atomic E-state index is 0.00675. The van der Waals surface area contributed by atoms with Crippen LogP contribution in [0.5, 0.6) is 0 Å². The number of nitriles is 1. The molecule has 0 aromatic heterocycles. The first-order chi connectivity index (χ1) is 12.0. The summed E-state index contributed by atoms with van der Waals surface area (Å²) in [6.07, 6.45) is -0.00675. The van der Waals surface area contributed by atoms with Crippen molar-refractivity contribution in [1.29, 1.82) is 5.26 Å². The van der Waals surface area contributed by atoms with Crippen LogP contribution in [0.4, 0.5) is 4.79 Å². The van der Waals surface area contributed by atoms with Crippen molar-refractivity contribution in [3.63, 3.8) is 0 Å². The number of amides is 4. The second-order valence-corrected chi connectivity index (χ2v) is 6.19. The fourth-order valence-electron chi connectivity index (χ4n) is 3.00. The van der Waals surface area contributed by atoms with Crippen molar-refractivity contribution in [2.24, 2.45) is 0 Å². The summed E-state index contributed by atoms with van der Waals surface area (Å²) in [6, 6.07) is 8.27. The van der Waals surface area contributed by atoms with Crippen molar-refractivity contribution in [2.75, 3.05) is 26.2 Å². The zero-order chi connectivity index (χ0) is 17.8. The van der Waals surface area contributed by atoms with Crippen molar-refractivity contribution in [3.05, 3.63) is 35.4 Å². The van der Waals surface area contributed by atoms with Crippen molar-refractivity contribution in [3.8, 4) is 6.07 Å². The number of urea groups is 1. The van der Waals surface area contributed by atoms with E-state index in [9.17, 15) is 14.4 Å². The lowest BCUT2D eigenvalue weighted by Gasteiger charge is -2.35. The fourth-order valence-corrected chi connectivity index (χ4v) is 3.00. The van der Waals surface area contributed by atoms with Crippen molar-refractivity contribution in [1.82, 2.24) is 20.4 Å². The molecular weight excluding hydrogens is 322 g/mol. The summed E-state index contributed by atoms with van der Waals surface area (Å²) in [6.45, 7) is 3.45. The molecule has 2 N–H and O–H groups in total. The van der Waals surface area contributed by atoms with E-state index >= 15 is 0 Å². The number of piperazine rings is 1. The van der Waals surface area contributed by atoms with Gasteiger partial charge in [0.25, 0.3) is 5.91 Å². The van der Waals surface area contributed by atoms with E-state index in [1.165, 1.54) is 0 Å². The molecule has 8 nitrogen and oxygen atoms in total. The molecule has 0 bridgehead atoms. The van der Waals surface area contributed by atoms with Crippen molar-refractivity contribution >= 4 is 17.8 Å². The highest BCUT2D eigenvalue weighted by Gasteiger charge is 2.33. The van der Waals surface area contributed by atoms with Gasteiger partial charge in [-0.3, -0.25) is 19.8 Å². The van der Waals surface area contributed by atoms with Gasteiger partial charge in [0.2, 0.25) is 5.91 Å². The molecule has 1 atom stereocenters. The van der Waals surface area contributed by atoms with E-state index in [4.69, 9.17) is 5.26 Å². The Balaban J connectivity index is 1.46. The number of nitrogens with one attached hydrogen (secondary N) is 2. The number of hydrogen-bond donors (Lipinski definition) is 2. The van der Waals surface area contributed by atoms with Gasteiger partial charge in [0.05, 0.1) is 18.1 Å². The average Bonchev–Trinajstić information content (AvgIpc) is 2.93. The standard InChI is InChI=1S/C17H19N5O3/c18-10-12-1-3-13(4-2-12)11-21-5-7-22(8-6-21)15(23)9-14-16(24)20-17(25)19-14/h1-4,14H,5-9,11H2,(H2,19,20,24,25). The van der Waals surface area contributed by atoms with Crippen LogP contribution in [0, 0.1) is 11.3 Å². The van der Waals surface area contributed by atoms with Crippen LogP contribution in [0.2, 0.25) is 0 Å². The van der Waals surface area contributed by atoms with Crippen molar-refractivity contribution < 1.29 is 14.4 Å². The van der Waals surface area contributed by atoms with Gasteiger partial charge in [-0.05, 0) is 17.7 Å². The minimum Gasteiger partial charge on any atom is -0.340 e. The first-order valence-electron chi connectivity index (χ1n) is 8.15. The first-order valence-corrected chi connectivity index (χ1v) is 8.15. The Morgan fingerprint density at radius 2 is 1.84 bits per heavy atom. The maximum absolute atomic E-state index is 12.3. The third-order valence-electron chi connectivity index (χ3n) is 4.45. The molecule has 1 aromatic carbocycles. The monoisotopic (exact) mass is 341 g/mol. The Labute approximate surface area is 145 Å². The highest BCUT2D eigenvalue weighted by Crippen LogP contribution is 2.11. The molecule has 0 aliphatic carbocycles. The molecule has 1 unspecified atom stereocenters. The van der Waals surface area contributed by atoms with Gasteiger partial charge in [-0.25, -0.2) is 4.79 Å². The Bertz CT molecular complexity index is 717. The lowest BCUT2D eigenvalue weighted by atomic mass is 10.1. The molecule has 0 saturated carbocycles. The Morgan fingerprint density at radius 3 is 2.40 bits per heavy atom. The van der Waals surface area contributed by atoms with E-state index in [0.717, 1.165) is 25.2 Å². The van der Waals surface area contributed by atoms with E-state index < -0.39 is 18.0 Å². The molecule has 4 amide bonds. The van der Waals surface area contributed by atoms with Gasteiger partial charge >= 0.3 is 6.03 Å². The molecule has 0 spiro atoms. The number of imide groups is 1. The molecule has 1 aromatic rings. The zero-order valence-corrected chi connectivity index (χ0v) is 13.7. The molecule has 2 saturated heterocycles. The highest BCUT2D eigenvalue weighted by atomic mass is 16.2. The van der Waals surface area contributed by atoms with Crippen LogP contribution in [-0.4, -0.2) is 59.9 Å². The zero-order valence-electron chi connectivity index (χ0n) is 13.7. The Hall–Kier alpha value is -2.92. The summed E-state index contributed by atoms with van der Waals surface area (Å²) in [5.41, 5.74) is 1.77. The quantitative estimate of drug-likeness (QED) is 0.738. The summed E-state index contributed by atoms with van der Waals surface area (Å²) in [4.78, 5) is 38.9. The van der Waals surface area contributed by atoms with E-state index in [0.29, 0.717) is 18.7 Å². The van der Waals surface area contributed by atoms with E-state index in [1.54, 1.807) is 17.0 Å². The third kappa shape index (κ3) is 4.14. The number of benzene rings is 1. The number of carbonyl (C=O) groups excluding carboxylic acids is 3. The van der Waals surface area contributed by atoms with E-state index in [1.807, 2.05) is 12.1 Å². The summed E-state index contributed by atoms with van der Waals surface area (Å²) in [5.74, 6) is -0.571. The molecule has 25 heavy (non-hydrogen) atoms. The number of nitrogens with zero attached hydrogens (tertiary/aromatic N) is 3. The maximum Gasteiger partial charge on any atom is 0.322 e. The van der Waals surface area contributed by atoms with Crippen LogP contribution in [0.15, 0.2) is 24.3 Å². The summed E-state index contributed by atoms with van der Waals surface area (Å²) in [7, 11) is 0. The van der Waals surface area contributed by atoms with Gasteiger partial charge in [0.15, 0.2) is 0 Å². The molecular formula is C17H19N5O3. The average molecular weight is 341 g/mol. The Morgan fingerprint density at radius 1 is 1.16 bits per heavy atom. The Kier molecular flexibility index (Phi) is 4.95. The minimum atomic E-state index is -0.767.